The molecular weight excluding hydrogens is 472 g/mol. The van der Waals surface area contributed by atoms with Crippen molar-refractivity contribution in [2.24, 2.45) is 0 Å². The Kier molecular flexibility index (Phi) is 7.54. The molecule has 0 bridgehead atoms. The number of carbonyl (C=O) groups is 2. The molecule has 5 rings (SSSR count). The Morgan fingerprint density at radius 3 is 2.42 bits per heavy atom. The lowest BCUT2D eigenvalue weighted by Gasteiger charge is -2.36. The van der Waals surface area contributed by atoms with Gasteiger partial charge in [0.2, 0.25) is 5.91 Å². The number of benzene rings is 3. The number of nitrogens with one attached hydrogen (secondary N) is 1. The van der Waals surface area contributed by atoms with Crippen LogP contribution in [0.3, 0.4) is 0 Å². The van der Waals surface area contributed by atoms with Gasteiger partial charge in [0.15, 0.2) is 0 Å². The van der Waals surface area contributed by atoms with Crippen molar-refractivity contribution in [3.8, 4) is 0 Å². The largest absolute Gasteiger partial charge is 0.369 e. The van der Waals surface area contributed by atoms with Gasteiger partial charge in [-0.25, -0.2) is 0 Å². The Hall–Kier alpha value is -3.35. The van der Waals surface area contributed by atoms with Crippen LogP contribution in [0.2, 0.25) is 5.02 Å². The third-order valence-electron chi connectivity index (χ3n) is 7.02. The van der Waals surface area contributed by atoms with E-state index in [-0.39, 0.29) is 11.8 Å². The van der Waals surface area contributed by atoms with Crippen molar-refractivity contribution in [3.05, 3.63) is 101 Å². The topological polar surface area (TPSA) is 55.9 Å². The third kappa shape index (κ3) is 5.40. The fourth-order valence-corrected chi connectivity index (χ4v) is 5.29. The van der Waals surface area contributed by atoms with E-state index in [4.69, 9.17) is 11.6 Å². The summed E-state index contributed by atoms with van der Waals surface area (Å²) in [6, 6.07) is 24.5. The number of anilines is 1. The molecule has 0 radical (unpaired) electrons. The van der Waals surface area contributed by atoms with Gasteiger partial charge in [-0.15, -0.1) is 0 Å². The fourth-order valence-electron chi connectivity index (χ4n) is 5.11. The average molecular weight is 503 g/mol. The summed E-state index contributed by atoms with van der Waals surface area (Å²) < 4.78 is 0. The second kappa shape index (κ2) is 11.1. The molecule has 0 spiro atoms. The highest BCUT2D eigenvalue weighted by atomic mass is 35.5. The van der Waals surface area contributed by atoms with Gasteiger partial charge >= 0.3 is 0 Å². The molecule has 1 saturated heterocycles. The molecule has 1 atom stereocenters. The molecule has 2 heterocycles. The zero-order valence-corrected chi connectivity index (χ0v) is 21.0. The molecule has 1 fully saturated rings. The van der Waals surface area contributed by atoms with Crippen LogP contribution in [0.5, 0.6) is 0 Å². The first-order chi connectivity index (χ1) is 17.6. The van der Waals surface area contributed by atoms with E-state index in [2.05, 4.69) is 21.2 Å². The number of hydrogen-bond donors (Lipinski definition) is 1. The van der Waals surface area contributed by atoms with Crippen molar-refractivity contribution in [3.63, 3.8) is 0 Å². The molecular formula is C29H31ClN4O2. The molecule has 7 heteroatoms. The number of halogens is 1. The van der Waals surface area contributed by atoms with Crippen molar-refractivity contribution in [2.45, 2.75) is 19.0 Å². The maximum atomic E-state index is 13.4. The first-order valence-electron chi connectivity index (χ1n) is 12.5. The van der Waals surface area contributed by atoms with E-state index in [1.165, 1.54) is 5.69 Å². The van der Waals surface area contributed by atoms with Gasteiger partial charge < -0.3 is 15.1 Å². The van der Waals surface area contributed by atoms with Crippen molar-refractivity contribution in [1.29, 1.82) is 0 Å². The van der Waals surface area contributed by atoms with Gasteiger partial charge in [0.1, 0.15) is 6.04 Å². The minimum atomic E-state index is -0.646. The zero-order valence-electron chi connectivity index (χ0n) is 20.3. The van der Waals surface area contributed by atoms with Gasteiger partial charge in [0.25, 0.3) is 5.91 Å². The summed E-state index contributed by atoms with van der Waals surface area (Å²) >= 11 is 6.14. The van der Waals surface area contributed by atoms with Gasteiger partial charge in [-0.3, -0.25) is 14.5 Å². The predicted octanol–water partition coefficient (Wildman–Crippen LogP) is 4.37. The molecule has 0 aliphatic carbocycles. The maximum Gasteiger partial charge on any atom is 0.255 e. The van der Waals surface area contributed by atoms with E-state index in [1.807, 2.05) is 72.8 Å². The summed E-state index contributed by atoms with van der Waals surface area (Å²) in [5.74, 6) is -0.222. The number of amides is 2. The van der Waals surface area contributed by atoms with Gasteiger partial charge in [-0.2, -0.15) is 0 Å². The standard InChI is InChI=1S/C29H31ClN4O2/c30-24-11-6-12-25(20-24)33-18-16-32(17-19-33)15-7-14-31-28(35)27(22-8-2-1-3-9-22)34-21-23-10-4-5-13-26(23)29(34)36/h1-6,8-13,20,27H,7,14-19,21H2,(H,31,35)/t27-/m1/s1. The van der Waals surface area contributed by atoms with E-state index in [1.54, 1.807) is 4.90 Å². The van der Waals surface area contributed by atoms with Crippen LogP contribution in [0, 0.1) is 0 Å². The Labute approximate surface area is 217 Å². The Balaban J connectivity index is 1.14. The van der Waals surface area contributed by atoms with E-state index in [0.717, 1.165) is 55.3 Å². The van der Waals surface area contributed by atoms with Crippen LogP contribution in [-0.4, -0.2) is 60.9 Å². The summed E-state index contributed by atoms with van der Waals surface area (Å²) in [6.07, 6.45) is 0.860. The number of fused-ring (bicyclic) bond motifs is 1. The zero-order chi connectivity index (χ0) is 24.9. The van der Waals surface area contributed by atoms with Crippen LogP contribution in [0.25, 0.3) is 0 Å². The number of piperazine rings is 1. The lowest BCUT2D eigenvalue weighted by molar-refractivity contribution is -0.126. The van der Waals surface area contributed by atoms with Gasteiger partial charge in [0.05, 0.1) is 0 Å². The molecule has 6 nitrogen and oxygen atoms in total. The summed E-state index contributed by atoms with van der Waals surface area (Å²) in [5.41, 5.74) is 3.64. The lowest BCUT2D eigenvalue weighted by atomic mass is 10.0. The van der Waals surface area contributed by atoms with Crippen LogP contribution >= 0.6 is 11.6 Å². The predicted molar refractivity (Wildman–Crippen MR) is 143 cm³/mol. The SMILES string of the molecule is O=C(NCCCN1CCN(c2cccc(Cl)c2)CC1)[C@@H](c1ccccc1)N1Cc2ccccc2C1=O. The lowest BCUT2D eigenvalue weighted by Crippen LogP contribution is -2.47. The molecule has 186 valence electrons. The first-order valence-corrected chi connectivity index (χ1v) is 12.9. The number of hydrogen-bond acceptors (Lipinski definition) is 4. The Morgan fingerprint density at radius 1 is 0.917 bits per heavy atom. The smallest absolute Gasteiger partial charge is 0.255 e. The van der Waals surface area contributed by atoms with E-state index in [9.17, 15) is 9.59 Å². The molecule has 2 amide bonds. The molecule has 1 N–H and O–H groups in total. The van der Waals surface area contributed by atoms with Gasteiger partial charge in [-0.05, 0) is 48.4 Å². The van der Waals surface area contributed by atoms with Crippen molar-refractivity contribution in [2.75, 3.05) is 44.2 Å². The van der Waals surface area contributed by atoms with Crippen LogP contribution in [0.1, 0.15) is 33.9 Å². The number of nitrogens with zero attached hydrogens (tertiary/aromatic N) is 3. The summed E-state index contributed by atoms with van der Waals surface area (Å²) in [6.45, 7) is 5.82. The highest BCUT2D eigenvalue weighted by molar-refractivity contribution is 6.30. The number of rotatable bonds is 8. The maximum absolute atomic E-state index is 13.4. The van der Waals surface area contributed by atoms with Crippen molar-refractivity contribution in [1.82, 2.24) is 15.1 Å². The molecule has 36 heavy (non-hydrogen) atoms. The fraction of sp³-hybridized carbons (Fsp3) is 0.310. The number of carbonyl (C=O) groups excluding carboxylic acids is 2. The average Bonchev–Trinajstić information content (AvgIpc) is 3.24. The van der Waals surface area contributed by atoms with Crippen molar-refractivity contribution >= 4 is 29.1 Å². The minimum absolute atomic E-state index is 0.0906. The Morgan fingerprint density at radius 2 is 1.67 bits per heavy atom. The Bertz CT molecular complexity index is 1210. The normalized spacial score (nSPS) is 16.6. The highest BCUT2D eigenvalue weighted by Crippen LogP contribution is 2.31. The molecule has 0 saturated carbocycles. The molecule has 3 aromatic carbocycles. The molecule has 2 aliphatic rings. The van der Waals surface area contributed by atoms with E-state index in [0.29, 0.717) is 18.7 Å². The van der Waals surface area contributed by atoms with Crippen LogP contribution in [-0.2, 0) is 11.3 Å². The molecule has 2 aliphatic heterocycles. The quantitative estimate of drug-likeness (QED) is 0.465. The van der Waals surface area contributed by atoms with E-state index >= 15 is 0 Å². The van der Waals surface area contributed by atoms with E-state index < -0.39 is 6.04 Å². The highest BCUT2D eigenvalue weighted by Gasteiger charge is 2.37. The van der Waals surface area contributed by atoms with Gasteiger partial charge in [-0.1, -0.05) is 66.2 Å². The minimum Gasteiger partial charge on any atom is -0.369 e. The molecule has 0 aromatic heterocycles. The second-order valence-corrected chi connectivity index (χ2v) is 9.79. The summed E-state index contributed by atoms with van der Waals surface area (Å²) in [4.78, 5) is 33.0. The third-order valence-corrected chi connectivity index (χ3v) is 7.26. The molecule has 3 aromatic rings. The van der Waals surface area contributed by atoms with Crippen LogP contribution < -0.4 is 10.2 Å². The van der Waals surface area contributed by atoms with Crippen LogP contribution in [0.4, 0.5) is 5.69 Å². The van der Waals surface area contributed by atoms with Gasteiger partial charge in [0, 0.05) is 55.5 Å². The van der Waals surface area contributed by atoms with Crippen molar-refractivity contribution < 1.29 is 9.59 Å². The van der Waals surface area contributed by atoms with Crippen LogP contribution in [0.15, 0.2) is 78.9 Å². The summed E-state index contributed by atoms with van der Waals surface area (Å²) in [7, 11) is 0. The summed E-state index contributed by atoms with van der Waals surface area (Å²) in [5, 5.41) is 3.86. The first kappa shape index (κ1) is 24.3. The second-order valence-electron chi connectivity index (χ2n) is 9.36. The molecule has 0 unspecified atom stereocenters. The monoisotopic (exact) mass is 502 g/mol.